The predicted octanol–water partition coefficient (Wildman–Crippen LogP) is 2.74. The van der Waals surface area contributed by atoms with E-state index >= 15 is 0 Å². The second-order valence-electron chi connectivity index (χ2n) is 3.52. The Bertz CT molecular complexity index is 473. The summed E-state index contributed by atoms with van der Waals surface area (Å²) in [4.78, 5) is 3.79. The van der Waals surface area contributed by atoms with Crippen LogP contribution in [-0.4, -0.2) is 12.6 Å². The quantitative estimate of drug-likeness (QED) is 0.848. The largest absolute Gasteiger partial charge is 0.463 e. The molecule has 0 aromatic heterocycles. The molecule has 17 heavy (non-hydrogen) atoms. The van der Waals surface area contributed by atoms with Crippen molar-refractivity contribution in [3.05, 3.63) is 34.3 Å². The highest BCUT2D eigenvalue weighted by Crippen LogP contribution is 2.38. The van der Waals surface area contributed by atoms with Crippen molar-refractivity contribution in [2.75, 3.05) is 6.61 Å². The zero-order valence-electron chi connectivity index (χ0n) is 8.46. The first-order chi connectivity index (χ1) is 7.88. The normalized spacial score (nSPS) is 20.0. The Morgan fingerprint density at radius 1 is 1.41 bits per heavy atom. The molecule has 0 amide bonds. The first-order valence-corrected chi connectivity index (χ1v) is 5.08. The number of benzene rings is 1. The zero-order valence-corrected chi connectivity index (χ0v) is 9.22. The molecular weight excluding hydrogens is 257 g/mol. The molecule has 3 nitrogen and oxygen atoms in total. The number of halogens is 4. The number of nitrogens with two attached hydrogens (primary N) is 1. The lowest BCUT2D eigenvalue weighted by molar-refractivity contribution is -0.138. The van der Waals surface area contributed by atoms with E-state index in [0.717, 1.165) is 6.07 Å². The fraction of sp³-hybridized carbons (Fsp3) is 0.300. The molecule has 1 aliphatic heterocycles. The van der Waals surface area contributed by atoms with Gasteiger partial charge in [-0.05, 0) is 17.7 Å². The fourth-order valence-electron chi connectivity index (χ4n) is 1.62. The SMILES string of the molecule is NC1=N[C@H](c2ccc(Cl)cc2C(F)(F)F)CO1. The Hall–Kier alpha value is -1.43. The molecule has 0 bridgehead atoms. The van der Waals surface area contributed by atoms with Crippen molar-refractivity contribution in [1.29, 1.82) is 0 Å². The highest BCUT2D eigenvalue weighted by atomic mass is 35.5. The van der Waals surface area contributed by atoms with Crippen LogP contribution >= 0.6 is 11.6 Å². The molecule has 0 spiro atoms. The third-order valence-electron chi connectivity index (χ3n) is 2.35. The van der Waals surface area contributed by atoms with Crippen LogP contribution in [0.5, 0.6) is 0 Å². The van der Waals surface area contributed by atoms with E-state index < -0.39 is 17.8 Å². The maximum Gasteiger partial charge on any atom is 0.416 e. The lowest BCUT2D eigenvalue weighted by Crippen LogP contribution is -2.12. The lowest BCUT2D eigenvalue weighted by atomic mass is 10.0. The molecule has 2 N–H and O–H groups in total. The molecule has 0 radical (unpaired) electrons. The third kappa shape index (κ3) is 2.46. The fourth-order valence-corrected chi connectivity index (χ4v) is 1.79. The van der Waals surface area contributed by atoms with Gasteiger partial charge in [0.15, 0.2) is 0 Å². The Morgan fingerprint density at radius 3 is 2.65 bits per heavy atom. The van der Waals surface area contributed by atoms with Crippen LogP contribution in [0.3, 0.4) is 0 Å². The van der Waals surface area contributed by atoms with Gasteiger partial charge in [0, 0.05) is 5.02 Å². The molecule has 0 aliphatic carbocycles. The average Bonchev–Trinajstić information content (AvgIpc) is 2.63. The van der Waals surface area contributed by atoms with E-state index in [9.17, 15) is 13.2 Å². The molecule has 7 heteroatoms. The summed E-state index contributed by atoms with van der Waals surface area (Å²) in [5.74, 6) is 0. The minimum absolute atomic E-state index is 0.0105. The second-order valence-corrected chi connectivity index (χ2v) is 3.96. The van der Waals surface area contributed by atoms with Gasteiger partial charge in [-0.3, -0.25) is 0 Å². The smallest absolute Gasteiger partial charge is 0.416 e. The molecule has 1 heterocycles. The van der Waals surface area contributed by atoms with E-state index in [1.54, 1.807) is 0 Å². The number of nitrogens with zero attached hydrogens (tertiary/aromatic N) is 1. The zero-order chi connectivity index (χ0) is 12.6. The van der Waals surface area contributed by atoms with E-state index in [-0.39, 0.29) is 23.2 Å². The van der Waals surface area contributed by atoms with Gasteiger partial charge in [-0.15, -0.1) is 0 Å². The van der Waals surface area contributed by atoms with E-state index in [2.05, 4.69) is 4.99 Å². The Labute approximate surface area is 100 Å². The van der Waals surface area contributed by atoms with E-state index in [4.69, 9.17) is 22.1 Å². The third-order valence-corrected chi connectivity index (χ3v) is 2.59. The van der Waals surface area contributed by atoms with Gasteiger partial charge in [0.2, 0.25) is 0 Å². The van der Waals surface area contributed by atoms with Crippen LogP contribution in [0.1, 0.15) is 17.2 Å². The summed E-state index contributed by atoms with van der Waals surface area (Å²) < 4.78 is 43.2. The summed E-state index contributed by atoms with van der Waals surface area (Å²) in [6.07, 6.45) is -4.48. The second kappa shape index (κ2) is 4.10. The van der Waals surface area contributed by atoms with Gasteiger partial charge in [-0.25, -0.2) is 4.99 Å². The first-order valence-electron chi connectivity index (χ1n) is 4.70. The maximum absolute atomic E-state index is 12.8. The van der Waals surface area contributed by atoms with Gasteiger partial charge < -0.3 is 10.5 Å². The number of rotatable bonds is 1. The molecule has 1 aromatic carbocycles. The summed E-state index contributed by atoms with van der Waals surface area (Å²) in [6.45, 7) is 0.0105. The molecule has 0 unspecified atom stereocenters. The van der Waals surface area contributed by atoms with Crippen LogP contribution < -0.4 is 5.73 Å². The maximum atomic E-state index is 12.8. The van der Waals surface area contributed by atoms with Crippen molar-refractivity contribution in [3.8, 4) is 0 Å². The molecule has 1 atom stereocenters. The summed E-state index contributed by atoms with van der Waals surface area (Å²) in [5, 5.41) is 0.0249. The number of aliphatic imine (C=N–C) groups is 1. The van der Waals surface area contributed by atoms with Crippen molar-refractivity contribution in [2.45, 2.75) is 12.2 Å². The van der Waals surface area contributed by atoms with Crippen LogP contribution in [0.4, 0.5) is 13.2 Å². The van der Waals surface area contributed by atoms with E-state index in [1.165, 1.54) is 12.1 Å². The number of alkyl halides is 3. The monoisotopic (exact) mass is 264 g/mol. The molecule has 0 saturated carbocycles. The van der Waals surface area contributed by atoms with Crippen molar-refractivity contribution >= 4 is 17.6 Å². The van der Waals surface area contributed by atoms with Gasteiger partial charge in [-0.1, -0.05) is 17.7 Å². The molecule has 1 aromatic rings. The Morgan fingerprint density at radius 2 is 2.12 bits per heavy atom. The van der Waals surface area contributed by atoms with Crippen LogP contribution in [0, 0.1) is 0 Å². The summed E-state index contributed by atoms with van der Waals surface area (Å²) in [6, 6.07) is 2.72. The first kappa shape index (κ1) is 12.0. The summed E-state index contributed by atoms with van der Waals surface area (Å²) in [5.41, 5.74) is 4.48. The molecule has 2 rings (SSSR count). The standard InChI is InChI=1S/C10H8ClF3N2O/c11-5-1-2-6(7(3-5)10(12,13)14)8-4-17-9(15)16-8/h1-3,8H,4H2,(H2,15,16)/t8-/m0/s1. The molecule has 0 saturated heterocycles. The van der Waals surface area contributed by atoms with Crippen LogP contribution in [0.15, 0.2) is 23.2 Å². The number of hydrogen-bond donors (Lipinski definition) is 1. The number of hydrogen-bond acceptors (Lipinski definition) is 3. The topological polar surface area (TPSA) is 47.6 Å². The van der Waals surface area contributed by atoms with Gasteiger partial charge in [0.05, 0.1) is 5.56 Å². The number of ether oxygens (including phenoxy) is 1. The van der Waals surface area contributed by atoms with E-state index in [1.807, 2.05) is 0 Å². The highest BCUT2D eigenvalue weighted by Gasteiger charge is 2.36. The molecule has 0 fully saturated rings. The van der Waals surface area contributed by atoms with Gasteiger partial charge in [-0.2, -0.15) is 13.2 Å². The minimum atomic E-state index is -4.48. The summed E-state index contributed by atoms with van der Waals surface area (Å²) >= 11 is 5.57. The van der Waals surface area contributed by atoms with Crippen LogP contribution in [0.25, 0.3) is 0 Å². The van der Waals surface area contributed by atoms with E-state index in [0.29, 0.717) is 0 Å². The molecule has 1 aliphatic rings. The van der Waals surface area contributed by atoms with Gasteiger partial charge >= 0.3 is 6.18 Å². The Balaban J connectivity index is 2.47. The molecule has 92 valence electrons. The highest BCUT2D eigenvalue weighted by molar-refractivity contribution is 6.30. The van der Waals surface area contributed by atoms with Crippen molar-refractivity contribution < 1.29 is 17.9 Å². The lowest BCUT2D eigenvalue weighted by Gasteiger charge is -2.15. The summed E-state index contributed by atoms with van der Waals surface area (Å²) in [7, 11) is 0. The molecular formula is C10H8ClF3N2O. The van der Waals surface area contributed by atoms with Crippen molar-refractivity contribution in [1.82, 2.24) is 0 Å². The van der Waals surface area contributed by atoms with Crippen molar-refractivity contribution in [3.63, 3.8) is 0 Å². The average molecular weight is 265 g/mol. The van der Waals surface area contributed by atoms with Gasteiger partial charge in [0.25, 0.3) is 6.02 Å². The Kier molecular flexibility index (Phi) is 2.91. The number of amidine groups is 1. The van der Waals surface area contributed by atoms with Crippen LogP contribution in [-0.2, 0) is 10.9 Å². The van der Waals surface area contributed by atoms with Gasteiger partial charge in [0.1, 0.15) is 12.6 Å². The predicted molar refractivity (Wildman–Crippen MR) is 56.8 cm³/mol. The van der Waals surface area contributed by atoms with Crippen molar-refractivity contribution in [2.24, 2.45) is 10.7 Å². The van der Waals surface area contributed by atoms with Crippen LogP contribution in [0.2, 0.25) is 5.02 Å². The minimum Gasteiger partial charge on any atom is -0.463 e.